The van der Waals surface area contributed by atoms with E-state index in [0.717, 1.165) is 4.47 Å². The number of hydrazone groups is 1. The van der Waals surface area contributed by atoms with Gasteiger partial charge in [0, 0.05) is 15.6 Å². The summed E-state index contributed by atoms with van der Waals surface area (Å²) in [6.07, 6.45) is 1.28. The second kappa shape index (κ2) is 7.68. The topological polar surface area (TPSA) is 70.9 Å². The van der Waals surface area contributed by atoms with Crippen LogP contribution in [0.25, 0.3) is 0 Å². The van der Waals surface area contributed by atoms with E-state index in [1.165, 1.54) is 36.5 Å². The second-order valence-electron chi connectivity index (χ2n) is 4.31. The predicted octanol–water partition coefficient (Wildman–Crippen LogP) is 3.52. The van der Waals surface area contributed by atoms with Crippen molar-refractivity contribution in [2.45, 2.75) is 6.61 Å². The Hall–Kier alpha value is -2.48. The molecule has 0 spiro atoms. The summed E-state index contributed by atoms with van der Waals surface area (Å²) in [5.41, 5.74) is 2.91. The lowest BCUT2D eigenvalue weighted by Crippen LogP contribution is -2.17. The number of halogens is 3. The molecule has 0 radical (unpaired) electrons. The molecule has 0 saturated carbocycles. The number of alkyl halides is 2. The van der Waals surface area contributed by atoms with Crippen LogP contribution in [0.3, 0.4) is 0 Å². The summed E-state index contributed by atoms with van der Waals surface area (Å²) in [5.74, 6) is -0.557. The average molecular weight is 385 g/mol. The Balaban J connectivity index is 1.99. The Kier molecular flexibility index (Phi) is 5.64. The largest absolute Gasteiger partial charge is 0.507 e. The number of hydrogen-bond acceptors (Lipinski definition) is 4. The zero-order valence-electron chi connectivity index (χ0n) is 11.5. The van der Waals surface area contributed by atoms with Crippen molar-refractivity contribution in [2.75, 3.05) is 0 Å². The number of ether oxygens (including phenoxy) is 1. The summed E-state index contributed by atoms with van der Waals surface area (Å²) in [4.78, 5) is 11.8. The summed E-state index contributed by atoms with van der Waals surface area (Å²) >= 11 is 3.25. The van der Waals surface area contributed by atoms with E-state index in [4.69, 9.17) is 0 Å². The van der Waals surface area contributed by atoms with Crippen LogP contribution in [0.4, 0.5) is 8.78 Å². The molecule has 0 aliphatic rings. The van der Waals surface area contributed by atoms with Crippen molar-refractivity contribution in [3.8, 4) is 11.5 Å². The van der Waals surface area contributed by atoms with E-state index < -0.39 is 12.5 Å². The fraction of sp³-hybridized carbons (Fsp3) is 0.0667. The number of rotatable bonds is 5. The van der Waals surface area contributed by atoms with Crippen molar-refractivity contribution < 1.29 is 23.4 Å². The molecular weight excluding hydrogens is 374 g/mol. The molecule has 2 aromatic rings. The molecule has 0 fully saturated rings. The zero-order valence-corrected chi connectivity index (χ0v) is 13.1. The van der Waals surface area contributed by atoms with Gasteiger partial charge in [0.05, 0.1) is 6.21 Å². The minimum Gasteiger partial charge on any atom is -0.507 e. The summed E-state index contributed by atoms with van der Waals surface area (Å²) in [7, 11) is 0. The number of aromatic hydroxyl groups is 1. The first-order chi connectivity index (χ1) is 11.0. The van der Waals surface area contributed by atoms with Gasteiger partial charge in [-0.15, -0.1) is 0 Å². The Morgan fingerprint density at radius 3 is 2.61 bits per heavy atom. The van der Waals surface area contributed by atoms with Gasteiger partial charge in [0.25, 0.3) is 5.91 Å². The first kappa shape index (κ1) is 16.9. The molecule has 2 aromatic carbocycles. The molecule has 5 nitrogen and oxygen atoms in total. The number of amides is 1. The smallest absolute Gasteiger partial charge is 0.387 e. The first-order valence-electron chi connectivity index (χ1n) is 6.32. The molecule has 8 heteroatoms. The Morgan fingerprint density at radius 1 is 1.26 bits per heavy atom. The number of hydrogen-bond donors (Lipinski definition) is 2. The van der Waals surface area contributed by atoms with Crippen LogP contribution >= 0.6 is 15.9 Å². The Bertz CT molecular complexity index is 721. The van der Waals surface area contributed by atoms with Crippen LogP contribution in [-0.2, 0) is 0 Å². The highest BCUT2D eigenvalue weighted by Gasteiger charge is 2.07. The van der Waals surface area contributed by atoms with Crippen LogP contribution in [0.2, 0.25) is 0 Å². The molecule has 0 aliphatic heterocycles. The number of carbonyl (C=O) groups excluding carboxylic acids is 1. The molecule has 0 atom stereocenters. The number of nitrogens with zero attached hydrogens (tertiary/aromatic N) is 1. The molecule has 2 N–H and O–H groups in total. The van der Waals surface area contributed by atoms with E-state index in [9.17, 15) is 18.7 Å². The van der Waals surface area contributed by atoms with Gasteiger partial charge in [-0.3, -0.25) is 4.79 Å². The fourth-order valence-corrected chi connectivity index (χ4v) is 2.02. The SMILES string of the molecule is O=C(N/N=C/c1cc(Br)ccc1O)c1ccc(OC(F)F)cc1. The van der Waals surface area contributed by atoms with Crippen LogP contribution in [-0.4, -0.2) is 23.8 Å². The van der Waals surface area contributed by atoms with Crippen molar-refractivity contribution in [2.24, 2.45) is 5.10 Å². The number of phenols is 1. The number of benzene rings is 2. The molecule has 2 rings (SSSR count). The van der Waals surface area contributed by atoms with Crippen molar-refractivity contribution in [3.63, 3.8) is 0 Å². The minimum absolute atomic E-state index is 0.0136. The molecule has 23 heavy (non-hydrogen) atoms. The van der Waals surface area contributed by atoms with Crippen LogP contribution in [0.15, 0.2) is 52.0 Å². The quantitative estimate of drug-likeness (QED) is 0.611. The molecule has 0 saturated heterocycles. The van der Waals surface area contributed by atoms with Gasteiger partial charge in [-0.05, 0) is 42.5 Å². The van der Waals surface area contributed by atoms with Crippen LogP contribution in [0.5, 0.6) is 11.5 Å². The summed E-state index contributed by atoms with van der Waals surface area (Å²) in [6.45, 7) is -2.92. The third-order valence-electron chi connectivity index (χ3n) is 2.70. The molecule has 0 aliphatic carbocycles. The zero-order chi connectivity index (χ0) is 16.8. The standard InChI is InChI=1S/C15H11BrF2N2O3/c16-11-3-6-13(21)10(7-11)8-19-20-14(22)9-1-4-12(5-2-9)23-15(17)18/h1-8,15,21H,(H,20,22)/b19-8+. The molecule has 0 aromatic heterocycles. The number of phenolic OH excluding ortho intramolecular Hbond substituents is 1. The Labute approximate surface area is 138 Å². The first-order valence-corrected chi connectivity index (χ1v) is 7.12. The average Bonchev–Trinajstić information content (AvgIpc) is 2.50. The van der Waals surface area contributed by atoms with Gasteiger partial charge < -0.3 is 9.84 Å². The van der Waals surface area contributed by atoms with Crippen LogP contribution in [0, 0.1) is 0 Å². The van der Waals surface area contributed by atoms with E-state index in [1.54, 1.807) is 12.1 Å². The van der Waals surface area contributed by atoms with Crippen molar-refractivity contribution >= 4 is 28.1 Å². The normalized spacial score (nSPS) is 11.0. The third-order valence-corrected chi connectivity index (χ3v) is 3.19. The van der Waals surface area contributed by atoms with Crippen molar-refractivity contribution in [1.29, 1.82) is 0 Å². The summed E-state index contributed by atoms with van der Waals surface area (Å²) in [5, 5.41) is 13.4. The van der Waals surface area contributed by atoms with Crippen LogP contribution < -0.4 is 10.2 Å². The van der Waals surface area contributed by atoms with E-state index >= 15 is 0 Å². The maximum atomic E-state index is 12.0. The maximum Gasteiger partial charge on any atom is 0.387 e. The van der Waals surface area contributed by atoms with E-state index in [1.807, 2.05) is 0 Å². The Morgan fingerprint density at radius 2 is 1.96 bits per heavy atom. The molecular formula is C15H11BrF2N2O3. The summed E-state index contributed by atoms with van der Waals surface area (Å²) in [6, 6.07) is 9.94. The number of nitrogens with one attached hydrogen (secondary N) is 1. The monoisotopic (exact) mass is 384 g/mol. The highest BCUT2D eigenvalue weighted by atomic mass is 79.9. The van der Waals surface area contributed by atoms with Gasteiger partial charge in [-0.1, -0.05) is 15.9 Å². The molecule has 120 valence electrons. The highest BCUT2D eigenvalue weighted by molar-refractivity contribution is 9.10. The maximum absolute atomic E-state index is 12.0. The van der Waals surface area contributed by atoms with Gasteiger partial charge in [0.15, 0.2) is 0 Å². The van der Waals surface area contributed by atoms with E-state index in [0.29, 0.717) is 5.56 Å². The van der Waals surface area contributed by atoms with Crippen LogP contribution in [0.1, 0.15) is 15.9 Å². The molecule has 0 unspecified atom stereocenters. The minimum atomic E-state index is -2.92. The molecule has 0 heterocycles. The lowest BCUT2D eigenvalue weighted by Gasteiger charge is -2.05. The molecule has 0 bridgehead atoms. The van der Waals surface area contributed by atoms with E-state index in [-0.39, 0.29) is 17.1 Å². The molecule has 1 amide bonds. The van der Waals surface area contributed by atoms with Gasteiger partial charge in [-0.2, -0.15) is 13.9 Å². The van der Waals surface area contributed by atoms with Gasteiger partial charge in [0.2, 0.25) is 0 Å². The second-order valence-corrected chi connectivity index (χ2v) is 5.22. The summed E-state index contributed by atoms with van der Waals surface area (Å²) < 4.78 is 29.0. The fourth-order valence-electron chi connectivity index (χ4n) is 1.64. The third kappa shape index (κ3) is 5.03. The highest BCUT2D eigenvalue weighted by Crippen LogP contribution is 2.20. The van der Waals surface area contributed by atoms with Gasteiger partial charge >= 0.3 is 6.61 Å². The van der Waals surface area contributed by atoms with Gasteiger partial charge in [-0.25, -0.2) is 5.43 Å². The van der Waals surface area contributed by atoms with Crippen molar-refractivity contribution in [3.05, 3.63) is 58.1 Å². The number of carbonyl (C=O) groups is 1. The lowest BCUT2D eigenvalue weighted by molar-refractivity contribution is -0.0498. The van der Waals surface area contributed by atoms with Crippen molar-refractivity contribution in [1.82, 2.24) is 5.43 Å². The lowest BCUT2D eigenvalue weighted by atomic mass is 10.2. The van der Waals surface area contributed by atoms with E-state index in [2.05, 4.69) is 31.2 Å². The van der Waals surface area contributed by atoms with Gasteiger partial charge in [0.1, 0.15) is 11.5 Å². The predicted molar refractivity (Wildman–Crippen MR) is 83.9 cm³/mol.